The summed E-state index contributed by atoms with van der Waals surface area (Å²) in [4.78, 5) is 0. The Labute approximate surface area is 116 Å². The van der Waals surface area contributed by atoms with Crippen molar-refractivity contribution in [3.05, 3.63) is 0 Å². The molecule has 2 heteroatoms. The van der Waals surface area contributed by atoms with E-state index in [9.17, 15) is 0 Å². The minimum atomic E-state index is -0.839. The Hall–Kier alpha value is 1.15. The maximum absolute atomic E-state index is 2.33. The summed E-state index contributed by atoms with van der Waals surface area (Å²) in [5, 5.41) is 0. The van der Waals surface area contributed by atoms with Crippen LogP contribution < -0.4 is 0 Å². The molecular formula is C14H33SSn. The SMILES string of the molecule is CCC[CH2][Sn]([CH2]CCC)[CH2]CCC.CSC. The molecule has 0 aromatic carbocycles. The molecule has 0 atom stereocenters. The summed E-state index contributed by atoms with van der Waals surface area (Å²) in [6, 6.07) is 0. The molecule has 0 N–H and O–H groups in total. The molecule has 0 rings (SSSR count). The molecule has 0 aromatic heterocycles. The molecule has 0 bridgehead atoms. The second-order valence-electron chi connectivity index (χ2n) is 4.47. The molecule has 0 fully saturated rings. The number of hydrogen-bond acceptors (Lipinski definition) is 1. The Morgan fingerprint density at radius 3 is 1.12 bits per heavy atom. The fraction of sp³-hybridized carbons (Fsp3) is 1.00. The fourth-order valence-corrected chi connectivity index (χ4v) is 11.1. The first-order valence-corrected chi connectivity index (χ1v) is 14.7. The zero-order valence-electron chi connectivity index (χ0n) is 12.3. The van der Waals surface area contributed by atoms with Crippen LogP contribution in [0.15, 0.2) is 0 Å². The summed E-state index contributed by atoms with van der Waals surface area (Å²) in [5.74, 6) is 0. The van der Waals surface area contributed by atoms with E-state index in [1.165, 1.54) is 38.5 Å². The van der Waals surface area contributed by atoms with Crippen LogP contribution in [-0.2, 0) is 0 Å². The molecule has 0 unspecified atom stereocenters. The summed E-state index contributed by atoms with van der Waals surface area (Å²) in [6.45, 7) is 7.00. The molecular weight excluding hydrogens is 319 g/mol. The fourth-order valence-electron chi connectivity index (χ4n) is 1.66. The van der Waals surface area contributed by atoms with E-state index < -0.39 is 19.8 Å². The third kappa shape index (κ3) is 17.5. The van der Waals surface area contributed by atoms with Gasteiger partial charge in [0.1, 0.15) is 0 Å². The van der Waals surface area contributed by atoms with Gasteiger partial charge in [-0.15, -0.1) is 0 Å². The van der Waals surface area contributed by atoms with Gasteiger partial charge in [0.2, 0.25) is 0 Å². The molecule has 0 heterocycles. The monoisotopic (exact) mass is 353 g/mol. The Morgan fingerprint density at radius 2 is 0.938 bits per heavy atom. The Balaban J connectivity index is 0. The molecule has 0 aliphatic rings. The van der Waals surface area contributed by atoms with Gasteiger partial charge in [0.25, 0.3) is 0 Å². The van der Waals surface area contributed by atoms with Crippen LogP contribution in [-0.4, -0.2) is 32.3 Å². The van der Waals surface area contributed by atoms with Crippen LogP contribution >= 0.6 is 11.8 Å². The maximum Gasteiger partial charge on any atom is -0.0187 e. The van der Waals surface area contributed by atoms with E-state index in [2.05, 4.69) is 20.8 Å². The van der Waals surface area contributed by atoms with Gasteiger partial charge < -0.3 is 0 Å². The van der Waals surface area contributed by atoms with Gasteiger partial charge in [0.05, 0.1) is 0 Å². The van der Waals surface area contributed by atoms with Gasteiger partial charge in [-0.3, -0.25) is 0 Å². The minimum Gasteiger partial charge on any atom is -0.169 e. The molecule has 1 radical (unpaired) electrons. The van der Waals surface area contributed by atoms with Crippen LogP contribution in [0.1, 0.15) is 59.3 Å². The summed E-state index contributed by atoms with van der Waals surface area (Å²) >= 11 is 0.911. The first kappa shape index (κ1) is 19.5. The van der Waals surface area contributed by atoms with Crippen molar-refractivity contribution in [3.8, 4) is 0 Å². The second-order valence-corrected chi connectivity index (χ2v) is 13.8. The van der Waals surface area contributed by atoms with Gasteiger partial charge >= 0.3 is 92.4 Å². The van der Waals surface area contributed by atoms with Gasteiger partial charge in [0, 0.05) is 0 Å². The minimum absolute atomic E-state index is 0.839. The first-order valence-electron chi connectivity index (χ1n) is 7.00. The van der Waals surface area contributed by atoms with Crippen LogP contribution in [0.4, 0.5) is 0 Å². The summed E-state index contributed by atoms with van der Waals surface area (Å²) in [6.07, 6.45) is 12.9. The van der Waals surface area contributed by atoms with E-state index in [0.29, 0.717) is 0 Å². The average molecular weight is 352 g/mol. The molecule has 0 aliphatic carbocycles. The van der Waals surface area contributed by atoms with Crippen molar-refractivity contribution >= 4 is 31.5 Å². The van der Waals surface area contributed by atoms with E-state index in [-0.39, 0.29) is 0 Å². The van der Waals surface area contributed by atoms with Crippen LogP contribution in [0.25, 0.3) is 0 Å². The van der Waals surface area contributed by atoms with E-state index in [4.69, 9.17) is 0 Å². The predicted octanol–water partition coefficient (Wildman–Crippen LogP) is 5.86. The van der Waals surface area contributed by atoms with E-state index in [0.717, 1.165) is 0 Å². The molecule has 0 amide bonds. The number of rotatable bonds is 9. The van der Waals surface area contributed by atoms with Crippen molar-refractivity contribution < 1.29 is 0 Å². The predicted molar refractivity (Wildman–Crippen MR) is 84.3 cm³/mol. The standard InChI is InChI=1S/3C4H9.C2H6S.Sn/c3*1-3-4-2;1-3-2;/h3*1,3-4H2,2H3;1-2H3;. The maximum atomic E-state index is 2.33. The quantitative estimate of drug-likeness (QED) is 0.468. The number of hydrogen-bond donors (Lipinski definition) is 0. The van der Waals surface area contributed by atoms with Gasteiger partial charge in [-0.25, -0.2) is 0 Å². The van der Waals surface area contributed by atoms with Crippen LogP contribution in [0, 0.1) is 0 Å². The Bertz CT molecular complexity index is 87.9. The van der Waals surface area contributed by atoms with Crippen molar-refractivity contribution in [2.24, 2.45) is 0 Å². The third-order valence-electron chi connectivity index (χ3n) is 2.65. The molecule has 0 aliphatic heterocycles. The van der Waals surface area contributed by atoms with Crippen LogP contribution in [0.2, 0.25) is 13.3 Å². The molecule has 99 valence electrons. The van der Waals surface area contributed by atoms with Crippen LogP contribution in [0.3, 0.4) is 0 Å². The molecule has 0 aromatic rings. The normalized spacial score (nSPS) is 10.1. The largest absolute Gasteiger partial charge is 0.169 e. The van der Waals surface area contributed by atoms with Gasteiger partial charge in [0.15, 0.2) is 0 Å². The van der Waals surface area contributed by atoms with E-state index >= 15 is 0 Å². The Morgan fingerprint density at radius 1 is 0.688 bits per heavy atom. The zero-order valence-corrected chi connectivity index (χ0v) is 15.9. The van der Waals surface area contributed by atoms with Crippen molar-refractivity contribution in [1.82, 2.24) is 0 Å². The van der Waals surface area contributed by atoms with Crippen molar-refractivity contribution in [3.63, 3.8) is 0 Å². The smallest absolute Gasteiger partial charge is 0.0187 e. The van der Waals surface area contributed by atoms with Crippen LogP contribution in [0.5, 0.6) is 0 Å². The third-order valence-corrected chi connectivity index (χ3v) is 11.7. The number of unbranched alkanes of at least 4 members (excludes halogenated alkanes) is 3. The second kappa shape index (κ2) is 18.5. The van der Waals surface area contributed by atoms with Crippen molar-refractivity contribution in [1.29, 1.82) is 0 Å². The van der Waals surface area contributed by atoms with Gasteiger partial charge in [-0.1, -0.05) is 0 Å². The number of thioether (sulfide) groups is 1. The molecule has 0 spiro atoms. The van der Waals surface area contributed by atoms with Gasteiger partial charge in [-0.2, -0.15) is 11.8 Å². The van der Waals surface area contributed by atoms with Crippen molar-refractivity contribution in [2.75, 3.05) is 12.5 Å². The van der Waals surface area contributed by atoms with E-state index in [1.54, 1.807) is 25.1 Å². The molecule has 0 nitrogen and oxygen atoms in total. The molecule has 0 saturated carbocycles. The Kier molecular flexibility index (Phi) is 22.5. The zero-order chi connectivity index (χ0) is 12.6. The van der Waals surface area contributed by atoms with Crippen molar-refractivity contribution in [2.45, 2.75) is 72.6 Å². The first-order chi connectivity index (χ1) is 7.76. The van der Waals surface area contributed by atoms with Gasteiger partial charge in [-0.05, 0) is 12.5 Å². The average Bonchev–Trinajstić information content (AvgIpc) is 2.29. The summed E-state index contributed by atoms with van der Waals surface area (Å²) < 4.78 is 5.04. The topological polar surface area (TPSA) is 0 Å². The molecule has 0 saturated heterocycles. The molecule has 16 heavy (non-hydrogen) atoms. The van der Waals surface area contributed by atoms with E-state index in [1.807, 2.05) is 12.5 Å². The summed E-state index contributed by atoms with van der Waals surface area (Å²) in [7, 11) is 0. The summed E-state index contributed by atoms with van der Waals surface area (Å²) in [5.41, 5.74) is 0.